The number of morpholine rings is 1. The fraction of sp³-hybridized carbons (Fsp3) is 0.500. The molecule has 5 heteroatoms. The van der Waals surface area contributed by atoms with Crippen LogP contribution in [0.25, 0.3) is 0 Å². The average molecular weight is 260 g/mol. The molecule has 1 spiro atoms. The third kappa shape index (κ3) is 1.81. The van der Waals surface area contributed by atoms with Crippen molar-refractivity contribution in [3.8, 4) is 0 Å². The molecule has 1 saturated carbocycles. The van der Waals surface area contributed by atoms with Crippen LogP contribution in [0.2, 0.25) is 0 Å². The molecule has 5 nitrogen and oxygen atoms in total. The third-order valence-electron chi connectivity index (χ3n) is 4.11. The van der Waals surface area contributed by atoms with Crippen molar-refractivity contribution in [2.75, 3.05) is 19.8 Å². The first-order chi connectivity index (χ1) is 9.30. The summed E-state index contributed by atoms with van der Waals surface area (Å²) in [5.41, 5.74) is 0.983. The van der Waals surface area contributed by atoms with E-state index in [4.69, 9.17) is 9.57 Å². The van der Waals surface area contributed by atoms with Crippen LogP contribution in [0, 0.1) is 0 Å². The number of carbonyl (C=O) groups is 1. The van der Waals surface area contributed by atoms with Crippen LogP contribution in [0.15, 0.2) is 30.3 Å². The maximum atomic E-state index is 12.5. The Hall–Kier alpha value is -1.59. The Morgan fingerprint density at radius 3 is 2.79 bits per heavy atom. The van der Waals surface area contributed by atoms with Crippen molar-refractivity contribution in [3.05, 3.63) is 35.9 Å². The first-order valence-electron chi connectivity index (χ1n) is 6.71. The molecule has 0 bridgehead atoms. The van der Waals surface area contributed by atoms with Gasteiger partial charge >= 0.3 is 6.03 Å². The molecule has 3 fully saturated rings. The number of benzene rings is 1. The van der Waals surface area contributed by atoms with Crippen molar-refractivity contribution in [1.29, 1.82) is 0 Å². The molecule has 0 radical (unpaired) electrons. The normalized spacial score (nSPS) is 27.5. The minimum absolute atomic E-state index is 0.0188. The van der Waals surface area contributed by atoms with Gasteiger partial charge in [0.1, 0.15) is 0 Å². The first kappa shape index (κ1) is 11.3. The van der Waals surface area contributed by atoms with Crippen LogP contribution < -0.4 is 0 Å². The molecule has 3 aliphatic rings. The van der Waals surface area contributed by atoms with Gasteiger partial charge in [-0.15, -0.1) is 0 Å². The van der Waals surface area contributed by atoms with Gasteiger partial charge in [0.25, 0.3) is 0 Å². The molecule has 2 saturated heterocycles. The zero-order valence-corrected chi connectivity index (χ0v) is 10.6. The van der Waals surface area contributed by atoms with Crippen LogP contribution in [0.3, 0.4) is 0 Å². The van der Waals surface area contributed by atoms with Crippen molar-refractivity contribution in [2.24, 2.45) is 0 Å². The van der Waals surface area contributed by atoms with Crippen molar-refractivity contribution in [2.45, 2.75) is 24.6 Å². The monoisotopic (exact) mass is 260 g/mol. The van der Waals surface area contributed by atoms with Crippen LogP contribution in [0.4, 0.5) is 4.79 Å². The maximum absolute atomic E-state index is 12.5. The Labute approximate surface area is 111 Å². The van der Waals surface area contributed by atoms with Crippen LogP contribution >= 0.6 is 0 Å². The lowest BCUT2D eigenvalue weighted by molar-refractivity contribution is -0.00835. The van der Waals surface area contributed by atoms with E-state index in [1.54, 1.807) is 0 Å². The van der Waals surface area contributed by atoms with Gasteiger partial charge in [0.15, 0.2) is 0 Å². The summed E-state index contributed by atoms with van der Waals surface area (Å²) in [7, 11) is 0. The molecule has 1 atom stereocenters. The molecule has 2 aliphatic heterocycles. The van der Waals surface area contributed by atoms with E-state index in [2.05, 4.69) is 0 Å². The molecule has 2 heterocycles. The summed E-state index contributed by atoms with van der Waals surface area (Å²) in [6.07, 6.45) is 1.87. The highest BCUT2D eigenvalue weighted by Gasteiger charge is 2.56. The molecule has 0 aromatic heterocycles. The molecular weight excluding hydrogens is 244 g/mol. The maximum Gasteiger partial charge on any atom is 0.347 e. The van der Waals surface area contributed by atoms with Crippen LogP contribution in [0.1, 0.15) is 24.6 Å². The third-order valence-corrected chi connectivity index (χ3v) is 4.11. The van der Waals surface area contributed by atoms with Crippen molar-refractivity contribution < 1.29 is 14.4 Å². The predicted octanol–water partition coefficient (Wildman–Crippen LogP) is 1.92. The lowest BCUT2D eigenvalue weighted by atomic mass is 10.2. The van der Waals surface area contributed by atoms with Gasteiger partial charge in [-0.3, -0.25) is 0 Å². The van der Waals surface area contributed by atoms with Gasteiger partial charge in [0.2, 0.25) is 6.23 Å². The van der Waals surface area contributed by atoms with Gasteiger partial charge in [-0.25, -0.2) is 9.63 Å². The topological polar surface area (TPSA) is 45.1 Å². The SMILES string of the molecule is O=C(N1OC1c1ccccc1)N1CCOCC12CC2. The molecule has 4 rings (SSSR count). The zero-order chi connectivity index (χ0) is 12.9. The Kier molecular flexibility index (Phi) is 2.34. The molecule has 1 aromatic rings. The molecule has 19 heavy (non-hydrogen) atoms. The van der Waals surface area contributed by atoms with Gasteiger partial charge in [-0.2, -0.15) is 5.06 Å². The molecule has 1 aliphatic carbocycles. The van der Waals surface area contributed by atoms with Gasteiger partial charge in [-0.1, -0.05) is 30.3 Å². The number of hydroxylamine groups is 2. The molecular formula is C14H16N2O3. The Morgan fingerprint density at radius 2 is 2.05 bits per heavy atom. The van der Waals surface area contributed by atoms with Crippen LogP contribution in [0.5, 0.6) is 0 Å². The van der Waals surface area contributed by atoms with Gasteiger partial charge < -0.3 is 9.64 Å². The second kappa shape index (κ2) is 3.95. The Bertz CT molecular complexity index is 501. The van der Waals surface area contributed by atoms with E-state index in [0.717, 1.165) is 18.4 Å². The second-order valence-corrected chi connectivity index (χ2v) is 5.41. The highest BCUT2D eigenvalue weighted by Crippen LogP contribution is 2.46. The zero-order valence-electron chi connectivity index (χ0n) is 10.6. The van der Waals surface area contributed by atoms with E-state index >= 15 is 0 Å². The summed E-state index contributed by atoms with van der Waals surface area (Å²) in [6, 6.07) is 9.80. The summed E-state index contributed by atoms with van der Waals surface area (Å²) in [6.45, 7) is 1.96. The average Bonchev–Trinajstić information content (AvgIpc) is 3.35. The summed E-state index contributed by atoms with van der Waals surface area (Å²) in [5, 5.41) is 1.47. The largest absolute Gasteiger partial charge is 0.377 e. The summed E-state index contributed by atoms with van der Waals surface area (Å²) < 4.78 is 5.49. The van der Waals surface area contributed by atoms with Crippen molar-refractivity contribution >= 4 is 6.03 Å². The predicted molar refractivity (Wildman–Crippen MR) is 67.0 cm³/mol. The minimum Gasteiger partial charge on any atom is -0.377 e. The standard InChI is InChI=1S/C14H16N2O3/c17-13(15-8-9-18-10-14(15)6-7-14)16-12(19-16)11-4-2-1-3-5-11/h1-5,12H,6-10H2. The number of urea groups is 1. The quantitative estimate of drug-likeness (QED) is 0.725. The highest BCUT2D eigenvalue weighted by molar-refractivity contribution is 5.77. The lowest BCUT2D eigenvalue weighted by Gasteiger charge is -2.35. The molecule has 1 unspecified atom stereocenters. The number of ether oxygens (including phenoxy) is 1. The summed E-state index contributed by atoms with van der Waals surface area (Å²) >= 11 is 0. The van der Waals surface area contributed by atoms with E-state index in [9.17, 15) is 4.79 Å². The lowest BCUT2D eigenvalue weighted by Crippen LogP contribution is -2.52. The first-order valence-corrected chi connectivity index (χ1v) is 6.71. The van der Waals surface area contributed by atoms with Gasteiger partial charge in [0, 0.05) is 12.1 Å². The van der Waals surface area contributed by atoms with Crippen molar-refractivity contribution in [3.63, 3.8) is 0 Å². The van der Waals surface area contributed by atoms with E-state index in [0.29, 0.717) is 19.8 Å². The van der Waals surface area contributed by atoms with Crippen LogP contribution in [-0.4, -0.2) is 41.3 Å². The van der Waals surface area contributed by atoms with Crippen LogP contribution in [-0.2, 0) is 9.57 Å². The second-order valence-electron chi connectivity index (χ2n) is 5.41. The number of rotatable bonds is 1. The smallest absolute Gasteiger partial charge is 0.347 e. The summed E-state index contributed by atoms with van der Waals surface area (Å²) in [5.74, 6) is 0. The number of nitrogens with zero attached hydrogens (tertiary/aromatic N) is 2. The fourth-order valence-electron chi connectivity index (χ4n) is 2.75. The number of hydrogen-bond donors (Lipinski definition) is 0. The fourth-order valence-corrected chi connectivity index (χ4v) is 2.75. The molecule has 100 valence electrons. The highest BCUT2D eigenvalue weighted by atomic mass is 16.8. The minimum atomic E-state index is -0.215. The van der Waals surface area contributed by atoms with Crippen molar-refractivity contribution in [1.82, 2.24) is 9.96 Å². The number of amides is 2. The Morgan fingerprint density at radius 1 is 1.26 bits per heavy atom. The number of carbonyl (C=O) groups excluding carboxylic acids is 1. The van der Waals surface area contributed by atoms with E-state index in [1.807, 2.05) is 35.2 Å². The van der Waals surface area contributed by atoms with Gasteiger partial charge in [0.05, 0.1) is 18.8 Å². The van der Waals surface area contributed by atoms with E-state index in [-0.39, 0.29) is 17.8 Å². The molecule has 2 amide bonds. The number of hydrogen-bond acceptors (Lipinski definition) is 3. The summed E-state index contributed by atoms with van der Waals surface area (Å²) in [4.78, 5) is 19.8. The van der Waals surface area contributed by atoms with E-state index in [1.165, 1.54) is 5.06 Å². The van der Waals surface area contributed by atoms with E-state index < -0.39 is 0 Å². The molecule has 0 N–H and O–H groups in total. The Balaban J connectivity index is 1.48. The molecule has 1 aromatic carbocycles. The van der Waals surface area contributed by atoms with Gasteiger partial charge in [-0.05, 0) is 12.8 Å².